The highest BCUT2D eigenvalue weighted by atomic mass is 79.9. The summed E-state index contributed by atoms with van der Waals surface area (Å²) in [7, 11) is 0. The summed E-state index contributed by atoms with van der Waals surface area (Å²) in [5.74, 6) is 1.24. The number of amides is 1. The zero-order valence-electron chi connectivity index (χ0n) is 12.2. The maximum Gasteiger partial charge on any atom is 0.223 e. The van der Waals surface area contributed by atoms with Crippen molar-refractivity contribution in [3.63, 3.8) is 0 Å². The number of pyridine rings is 1. The molecule has 1 aliphatic rings. The summed E-state index contributed by atoms with van der Waals surface area (Å²) in [5.41, 5.74) is 1.02. The van der Waals surface area contributed by atoms with Crippen LogP contribution in [0.1, 0.15) is 6.42 Å². The summed E-state index contributed by atoms with van der Waals surface area (Å²) in [6, 6.07) is 12.3. The lowest BCUT2D eigenvalue weighted by molar-refractivity contribution is -0.131. The van der Waals surface area contributed by atoms with Crippen LogP contribution in [0.15, 0.2) is 36.4 Å². The molecule has 118 valence electrons. The Bertz CT molecular complexity index is 644. The third-order valence-electron chi connectivity index (χ3n) is 3.85. The van der Waals surface area contributed by atoms with E-state index in [9.17, 15) is 4.79 Å². The monoisotopic (exact) mass is 383 g/mol. The van der Waals surface area contributed by atoms with E-state index in [0.717, 1.165) is 48.2 Å². The smallest absolute Gasteiger partial charge is 0.223 e. The zero-order valence-corrected chi connectivity index (χ0v) is 14.6. The summed E-state index contributed by atoms with van der Waals surface area (Å²) < 4.78 is 0. The molecule has 1 fully saturated rings. The maximum absolute atomic E-state index is 11.9. The molecule has 1 aromatic heterocycles. The van der Waals surface area contributed by atoms with Gasteiger partial charge in [0.05, 0.1) is 5.52 Å². The molecular formula is C16H19BrClN3O. The van der Waals surface area contributed by atoms with E-state index in [4.69, 9.17) is 4.98 Å². The highest BCUT2D eigenvalue weighted by Crippen LogP contribution is 2.19. The average molecular weight is 385 g/mol. The van der Waals surface area contributed by atoms with Crippen molar-refractivity contribution in [1.29, 1.82) is 0 Å². The lowest BCUT2D eigenvalue weighted by atomic mass is 10.2. The van der Waals surface area contributed by atoms with Crippen molar-refractivity contribution in [1.82, 2.24) is 9.88 Å². The fourth-order valence-electron chi connectivity index (χ4n) is 2.66. The van der Waals surface area contributed by atoms with Crippen molar-refractivity contribution in [2.45, 2.75) is 6.42 Å². The van der Waals surface area contributed by atoms with Crippen molar-refractivity contribution in [2.75, 3.05) is 36.4 Å². The molecule has 4 nitrogen and oxygen atoms in total. The molecule has 6 heteroatoms. The summed E-state index contributed by atoms with van der Waals surface area (Å²) >= 11 is 3.32. The van der Waals surface area contributed by atoms with Gasteiger partial charge in [0.25, 0.3) is 0 Å². The normalized spacial score (nSPS) is 14.8. The van der Waals surface area contributed by atoms with E-state index in [1.54, 1.807) is 0 Å². The molecule has 0 atom stereocenters. The standard InChI is InChI=1S/C16H18BrN3O.ClH/c17-8-7-16(21)20-11-9-19(10-12-20)15-6-5-13-3-1-2-4-14(13)18-15;/h1-6H,7-12H2;1H. The van der Waals surface area contributed by atoms with Gasteiger partial charge in [0, 0.05) is 43.3 Å². The first-order valence-corrected chi connectivity index (χ1v) is 8.34. The summed E-state index contributed by atoms with van der Waals surface area (Å²) in [4.78, 5) is 20.8. The molecule has 1 saturated heterocycles. The molecule has 1 amide bonds. The second kappa shape index (κ2) is 7.79. The fraction of sp³-hybridized carbons (Fsp3) is 0.375. The molecule has 0 bridgehead atoms. The first-order valence-electron chi connectivity index (χ1n) is 7.22. The van der Waals surface area contributed by atoms with E-state index in [-0.39, 0.29) is 18.3 Å². The quantitative estimate of drug-likeness (QED) is 0.763. The van der Waals surface area contributed by atoms with Crippen LogP contribution in [0.25, 0.3) is 10.9 Å². The van der Waals surface area contributed by atoms with Gasteiger partial charge in [-0.1, -0.05) is 34.1 Å². The van der Waals surface area contributed by atoms with Gasteiger partial charge in [-0.2, -0.15) is 0 Å². The SMILES string of the molecule is Cl.O=C(CCBr)N1CCN(c2ccc3ccccc3n2)CC1. The van der Waals surface area contributed by atoms with Gasteiger partial charge < -0.3 is 9.80 Å². The third kappa shape index (κ3) is 3.70. The first-order chi connectivity index (χ1) is 10.3. The number of alkyl halides is 1. The van der Waals surface area contributed by atoms with Gasteiger partial charge in [-0.25, -0.2) is 4.98 Å². The van der Waals surface area contributed by atoms with Crippen LogP contribution < -0.4 is 4.90 Å². The zero-order chi connectivity index (χ0) is 14.7. The maximum atomic E-state index is 11.9. The minimum absolute atomic E-state index is 0. The van der Waals surface area contributed by atoms with Crippen LogP contribution in [0, 0.1) is 0 Å². The van der Waals surface area contributed by atoms with Crippen molar-refractivity contribution in [3.05, 3.63) is 36.4 Å². The number of hydrogen-bond acceptors (Lipinski definition) is 3. The highest BCUT2D eigenvalue weighted by molar-refractivity contribution is 9.09. The lowest BCUT2D eigenvalue weighted by Crippen LogP contribution is -2.49. The molecule has 0 radical (unpaired) electrons. The molecule has 0 aliphatic carbocycles. The Morgan fingerprint density at radius 2 is 1.82 bits per heavy atom. The Kier molecular flexibility index (Phi) is 6.03. The van der Waals surface area contributed by atoms with Gasteiger partial charge in [0.2, 0.25) is 5.91 Å². The van der Waals surface area contributed by atoms with Gasteiger partial charge in [-0.15, -0.1) is 12.4 Å². The van der Waals surface area contributed by atoms with Gasteiger partial charge in [-0.3, -0.25) is 4.79 Å². The number of hydrogen-bond donors (Lipinski definition) is 0. The minimum Gasteiger partial charge on any atom is -0.353 e. The predicted molar refractivity (Wildman–Crippen MR) is 96.2 cm³/mol. The molecular weight excluding hydrogens is 366 g/mol. The van der Waals surface area contributed by atoms with Crippen LogP contribution in [0.5, 0.6) is 0 Å². The minimum atomic E-state index is 0. The van der Waals surface area contributed by atoms with Gasteiger partial charge in [0.15, 0.2) is 0 Å². The van der Waals surface area contributed by atoms with E-state index in [1.807, 2.05) is 23.1 Å². The van der Waals surface area contributed by atoms with Crippen LogP contribution in [0.2, 0.25) is 0 Å². The number of nitrogens with zero attached hydrogens (tertiary/aromatic N) is 3. The van der Waals surface area contributed by atoms with Gasteiger partial charge in [-0.05, 0) is 18.2 Å². The Balaban J connectivity index is 0.00000176. The van der Waals surface area contributed by atoms with Crippen molar-refractivity contribution in [3.8, 4) is 0 Å². The largest absolute Gasteiger partial charge is 0.353 e. The molecule has 22 heavy (non-hydrogen) atoms. The predicted octanol–water partition coefficient (Wildman–Crippen LogP) is 3.09. The molecule has 2 aromatic rings. The van der Waals surface area contributed by atoms with Crippen LogP contribution >= 0.6 is 28.3 Å². The second-order valence-electron chi connectivity index (χ2n) is 5.17. The summed E-state index contributed by atoms with van der Waals surface area (Å²) in [5, 5.41) is 1.89. The summed E-state index contributed by atoms with van der Waals surface area (Å²) in [6.45, 7) is 3.25. The number of halogens is 2. The number of aromatic nitrogens is 1. The first kappa shape index (κ1) is 17.0. The number of rotatable bonds is 3. The van der Waals surface area contributed by atoms with E-state index in [2.05, 4.69) is 39.0 Å². The number of benzene rings is 1. The number of fused-ring (bicyclic) bond motifs is 1. The highest BCUT2D eigenvalue weighted by Gasteiger charge is 2.21. The van der Waals surface area contributed by atoms with Crippen LogP contribution in [-0.4, -0.2) is 47.3 Å². The van der Waals surface area contributed by atoms with Crippen molar-refractivity contribution >= 4 is 51.0 Å². The molecule has 0 spiro atoms. The lowest BCUT2D eigenvalue weighted by Gasteiger charge is -2.35. The number of anilines is 1. The number of para-hydroxylation sites is 1. The fourth-order valence-corrected chi connectivity index (χ4v) is 2.99. The Hall–Kier alpha value is -1.33. The van der Waals surface area contributed by atoms with Crippen LogP contribution in [0.3, 0.4) is 0 Å². The molecule has 2 heterocycles. The second-order valence-corrected chi connectivity index (χ2v) is 5.96. The van der Waals surface area contributed by atoms with Crippen molar-refractivity contribution in [2.24, 2.45) is 0 Å². The van der Waals surface area contributed by atoms with Gasteiger partial charge >= 0.3 is 0 Å². The third-order valence-corrected chi connectivity index (χ3v) is 4.24. The van der Waals surface area contributed by atoms with Crippen LogP contribution in [-0.2, 0) is 4.79 Å². The van der Waals surface area contributed by atoms with Crippen LogP contribution in [0.4, 0.5) is 5.82 Å². The van der Waals surface area contributed by atoms with E-state index in [1.165, 1.54) is 0 Å². The Morgan fingerprint density at radius 3 is 2.55 bits per heavy atom. The molecule has 1 aromatic carbocycles. The molecule has 0 N–H and O–H groups in total. The molecule has 0 unspecified atom stereocenters. The molecule has 0 saturated carbocycles. The molecule has 1 aliphatic heterocycles. The van der Waals surface area contributed by atoms with E-state index in [0.29, 0.717) is 6.42 Å². The molecule has 3 rings (SSSR count). The van der Waals surface area contributed by atoms with E-state index >= 15 is 0 Å². The van der Waals surface area contributed by atoms with E-state index < -0.39 is 0 Å². The topological polar surface area (TPSA) is 36.4 Å². The number of carbonyl (C=O) groups is 1. The summed E-state index contributed by atoms with van der Waals surface area (Å²) in [6.07, 6.45) is 0.578. The number of carbonyl (C=O) groups excluding carboxylic acids is 1. The van der Waals surface area contributed by atoms with Gasteiger partial charge in [0.1, 0.15) is 5.82 Å². The average Bonchev–Trinajstić information content (AvgIpc) is 2.55. The number of piperazine rings is 1. The Labute approximate surface area is 145 Å². The van der Waals surface area contributed by atoms with Crippen molar-refractivity contribution < 1.29 is 4.79 Å². The Morgan fingerprint density at radius 1 is 1.09 bits per heavy atom.